The molecule has 4 heterocycles. The fourth-order valence-electron chi connectivity index (χ4n) is 4.59. The minimum absolute atomic E-state index is 0.0361. The van der Waals surface area contributed by atoms with Crippen LogP contribution in [0.25, 0.3) is 11.0 Å². The van der Waals surface area contributed by atoms with Crippen LogP contribution in [0.1, 0.15) is 62.1 Å². The van der Waals surface area contributed by atoms with Crippen LogP contribution < -0.4 is 5.56 Å². The van der Waals surface area contributed by atoms with Crippen LogP contribution in [0.2, 0.25) is 0 Å². The van der Waals surface area contributed by atoms with Gasteiger partial charge in [0.25, 0.3) is 5.56 Å². The quantitative estimate of drug-likeness (QED) is 0.727. The van der Waals surface area contributed by atoms with Gasteiger partial charge in [0.2, 0.25) is 0 Å². The second-order valence-corrected chi connectivity index (χ2v) is 7.98. The zero-order valence-electron chi connectivity index (χ0n) is 16.3. The predicted octanol–water partition coefficient (Wildman–Crippen LogP) is 2.29. The molecule has 1 saturated heterocycles. The van der Waals surface area contributed by atoms with Crippen LogP contribution in [0.3, 0.4) is 0 Å². The van der Waals surface area contributed by atoms with Gasteiger partial charge in [-0.2, -0.15) is 15.5 Å². The van der Waals surface area contributed by atoms with Gasteiger partial charge in [-0.3, -0.25) is 9.48 Å². The van der Waals surface area contributed by atoms with E-state index >= 15 is 0 Å². The van der Waals surface area contributed by atoms with E-state index in [1.807, 2.05) is 16.9 Å². The lowest BCUT2D eigenvalue weighted by molar-refractivity contribution is 0.0501. The molecule has 150 valence electrons. The summed E-state index contributed by atoms with van der Waals surface area (Å²) in [5, 5.41) is 18.6. The van der Waals surface area contributed by atoms with Gasteiger partial charge in [-0.05, 0) is 44.6 Å². The van der Waals surface area contributed by atoms with Gasteiger partial charge in [-0.15, -0.1) is 0 Å². The van der Waals surface area contributed by atoms with E-state index in [-0.39, 0.29) is 34.6 Å². The largest absolute Gasteiger partial charge is 0.381 e. The Morgan fingerprint density at radius 1 is 1.31 bits per heavy atom. The molecule has 9 nitrogen and oxygen atoms in total. The summed E-state index contributed by atoms with van der Waals surface area (Å²) in [5.41, 5.74) is 0.347. The van der Waals surface area contributed by atoms with E-state index in [1.165, 1.54) is 0 Å². The van der Waals surface area contributed by atoms with Crippen molar-refractivity contribution < 1.29 is 4.74 Å². The number of nitrogens with zero attached hydrogens (tertiary/aromatic N) is 6. The van der Waals surface area contributed by atoms with E-state index < -0.39 is 0 Å². The maximum atomic E-state index is 12.9. The number of rotatable bonds is 4. The third-order valence-corrected chi connectivity index (χ3v) is 6.47. The Labute approximate surface area is 167 Å². The lowest BCUT2D eigenvalue weighted by Crippen LogP contribution is -2.31. The Morgan fingerprint density at radius 2 is 2.14 bits per heavy atom. The van der Waals surface area contributed by atoms with Gasteiger partial charge in [-0.25, -0.2) is 9.67 Å². The van der Waals surface area contributed by atoms with Crippen molar-refractivity contribution in [2.75, 3.05) is 13.2 Å². The lowest BCUT2D eigenvalue weighted by atomic mass is 9.79. The first-order chi connectivity index (χ1) is 14.2. The molecule has 3 aromatic rings. The SMILES string of the molecule is CC(C1CCOCC1)n1nc(C#N)c2c(=O)[nH]c(C3CCC3n3cccn3)nc21. The van der Waals surface area contributed by atoms with Crippen molar-refractivity contribution in [3.05, 3.63) is 40.3 Å². The van der Waals surface area contributed by atoms with Gasteiger partial charge in [0.15, 0.2) is 11.3 Å². The summed E-state index contributed by atoms with van der Waals surface area (Å²) >= 11 is 0. The first kappa shape index (κ1) is 18.1. The molecule has 1 aliphatic heterocycles. The number of ether oxygens (including phenoxy) is 1. The Kier molecular flexibility index (Phi) is 4.43. The smallest absolute Gasteiger partial charge is 0.263 e. The highest BCUT2D eigenvalue weighted by atomic mass is 16.5. The number of hydrogen-bond donors (Lipinski definition) is 1. The summed E-state index contributed by atoms with van der Waals surface area (Å²) in [7, 11) is 0. The van der Waals surface area contributed by atoms with E-state index in [1.54, 1.807) is 10.9 Å². The molecule has 1 N–H and O–H groups in total. The number of nitrogens with one attached hydrogen (secondary N) is 1. The van der Waals surface area contributed by atoms with Crippen LogP contribution in [-0.2, 0) is 4.74 Å². The number of hydrogen-bond acceptors (Lipinski definition) is 6. The van der Waals surface area contributed by atoms with Gasteiger partial charge < -0.3 is 9.72 Å². The standard InChI is InChI=1S/C20H23N7O2/c1-12(13-5-9-29-10-6-13)27-19-17(15(11-21)25-27)20(28)24-18(23-19)14-3-4-16(14)26-8-2-7-22-26/h2,7-8,12-14,16H,3-6,9-10H2,1H3,(H,23,24,28). The van der Waals surface area contributed by atoms with Crippen LogP contribution in [0, 0.1) is 17.2 Å². The average Bonchev–Trinajstić information content (AvgIpc) is 3.35. The molecular formula is C20H23N7O2. The monoisotopic (exact) mass is 393 g/mol. The summed E-state index contributed by atoms with van der Waals surface area (Å²) in [6, 6.07) is 4.19. The fraction of sp³-hybridized carbons (Fsp3) is 0.550. The van der Waals surface area contributed by atoms with Crippen molar-refractivity contribution >= 4 is 11.0 Å². The molecule has 29 heavy (non-hydrogen) atoms. The van der Waals surface area contributed by atoms with Gasteiger partial charge in [-0.1, -0.05) is 0 Å². The second kappa shape index (κ2) is 7.12. The van der Waals surface area contributed by atoms with E-state index in [9.17, 15) is 10.1 Å². The van der Waals surface area contributed by atoms with Crippen LogP contribution in [0.5, 0.6) is 0 Å². The van der Waals surface area contributed by atoms with Crippen LogP contribution in [0.4, 0.5) is 0 Å². The molecule has 0 spiro atoms. The van der Waals surface area contributed by atoms with Crippen molar-refractivity contribution in [1.82, 2.24) is 29.5 Å². The topological polar surface area (TPSA) is 114 Å². The summed E-state index contributed by atoms with van der Waals surface area (Å²) in [6.45, 7) is 3.54. The highest BCUT2D eigenvalue weighted by Gasteiger charge is 2.37. The molecular weight excluding hydrogens is 370 g/mol. The molecule has 0 bridgehead atoms. The molecule has 0 radical (unpaired) electrons. The third-order valence-electron chi connectivity index (χ3n) is 6.47. The Morgan fingerprint density at radius 3 is 2.79 bits per heavy atom. The third kappa shape index (κ3) is 2.95. The van der Waals surface area contributed by atoms with Crippen molar-refractivity contribution in [3.63, 3.8) is 0 Å². The van der Waals surface area contributed by atoms with Gasteiger partial charge >= 0.3 is 0 Å². The minimum Gasteiger partial charge on any atom is -0.381 e. The summed E-state index contributed by atoms with van der Waals surface area (Å²) < 4.78 is 9.19. The maximum Gasteiger partial charge on any atom is 0.263 e. The second-order valence-electron chi connectivity index (χ2n) is 7.98. The fourth-order valence-corrected chi connectivity index (χ4v) is 4.59. The zero-order valence-corrected chi connectivity index (χ0v) is 16.3. The molecule has 0 aromatic carbocycles. The number of nitriles is 1. The van der Waals surface area contributed by atoms with Crippen molar-refractivity contribution in [1.29, 1.82) is 5.26 Å². The number of fused-ring (bicyclic) bond motifs is 1. The van der Waals surface area contributed by atoms with Crippen molar-refractivity contribution in [3.8, 4) is 6.07 Å². The Bertz CT molecular complexity index is 1120. The number of H-pyrrole nitrogens is 1. The summed E-state index contributed by atoms with van der Waals surface area (Å²) in [6.07, 6.45) is 7.51. The van der Waals surface area contributed by atoms with Crippen LogP contribution in [0.15, 0.2) is 23.3 Å². The highest BCUT2D eigenvalue weighted by Crippen LogP contribution is 2.44. The highest BCUT2D eigenvalue weighted by molar-refractivity contribution is 5.80. The molecule has 3 atom stereocenters. The molecule has 0 amide bonds. The van der Waals surface area contributed by atoms with Crippen molar-refractivity contribution in [2.45, 2.75) is 50.6 Å². The average molecular weight is 393 g/mol. The molecule has 2 fully saturated rings. The van der Waals surface area contributed by atoms with E-state index in [2.05, 4.69) is 28.2 Å². The summed E-state index contributed by atoms with van der Waals surface area (Å²) in [4.78, 5) is 20.6. The van der Waals surface area contributed by atoms with E-state index in [0.717, 1.165) is 38.9 Å². The minimum atomic E-state index is -0.293. The van der Waals surface area contributed by atoms with Gasteiger partial charge in [0.1, 0.15) is 17.3 Å². The summed E-state index contributed by atoms with van der Waals surface area (Å²) in [5.74, 6) is 1.13. The molecule has 3 unspecified atom stereocenters. The zero-order chi connectivity index (χ0) is 20.0. The van der Waals surface area contributed by atoms with E-state index in [0.29, 0.717) is 17.4 Å². The number of aromatic amines is 1. The van der Waals surface area contributed by atoms with Crippen LogP contribution >= 0.6 is 0 Å². The molecule has 9 heteroatoms. The normalized spacial score (nSPS) is 23.6. The maximum absolute atomic E-state index is 12.9. The Hall–Kier alpha value is -2.99. The van der Waals surface area contributed by atoms with Crippen LogP contribution in [-0.4, -0.2) is 42.7 Å². The van der Waals surface area contributed by atoms with Crippen molar-refractivity contribution in [2.24, 2.45) is 5.92 Å². The lowest BCUT2D eigenvalue weighted by Gasteiger charge is -2.35. The predicted molar refractivity (Wildman–Crippen MR) is 104 cm³/mol. The first-order valence-corrected chi connectivity index (χ1v) is 10.2. The first-order valence-electron chi connectivity index (χ1n) is 10.2. The number of aromatic nitrogens is 6. The van der Waals surface area contributed by atoms with Gasteiger partial charge in [0.05, 0.1) is 12.1 Å². The molecule has 1 aliphatic carbocycles. The molecule has 1 saturated carbocycles. The van der Waals surface area contributed by atoms with E-state index in [4.69, 9.17) is 9.72 Å². The molecule has 2 aliphatic rings. The molecule has 5 rings (SSSR count). The molecule has 3 aromatic heterocycles. The van der Waals surface area contributed by atoms with Gasteiger partial charge in [0, 0.05) is 31.5 Å². The Balaban J connectivity index is 1.58.